The number of fused-ring (bicyclic) bond motifs is 1. The van der Waals surface area contributed by atoms with Gasteiger partial charge in [0.25, 0.3) is 11.8 Å². The van der Waals surface area contributed by atoms with Crippen molar-refractivity contribution in [3.8, 4) is 0 Å². The molecule has 2 heterocycles. The molecular weight excluding hydrogens is 745 g/mol. The number of pyridine rings is 1. The molecule has 1 saturated heterocycles. The van der Waals surface area contributed by atoms with Gasteiger partial charge in [0.1, 0.15) is 24.3 Å². The molecule has 2 aromatic rings. The summed E-state index contributed by atoms with van der Waals surface area (Å²) < 4.78 is 56.4. The van der Waals surface area contributed by atoms with Crippen molar-refractivity contribution in [2.24, 2.45) is 11.3 Å². The molecule has 3 rings (SSSR count). The van der Waals surface area contributed by atoms with Gasteiger partial charge in [0.2, 0.25) is 3.79 Å². The maximum Gasteiger partial charge on any atom is 0.408 e. The Balaban J connectivity index is 1.80. The molecule has 0 radical (unpaired) electrons. The molecule has 0 aliphatic carbocycles. The fourth-order valence-corrected chi connectivity index (χ4v) is 5.09. The van der Waals surface area contributed by atoms with Crippen LogP contribution in [0.2, 0.25) is 0 Å². The normalized spacial score (nSPS) is 20.5. The van der Waals surface area contributed by atoms with E-state index >= 15 is 0 Å². The Labute approximate surface area is 334 Å². The second-order valence-corrected chi connectivity index (χ2v) is 16.8. The van der Waals surface area contributed by atoms with Gasteiger partial charge in [-0.15, -0.1) is 0 Å². The molecule has 0 saturated carbocycles. The fourth-order valence-electron chi connectivity index (χ4n) is 4.92. The zero-order valence-electron chi connectivity index (χ0n) is 36.2. The molecular formula is C38H52Cl3N5O7. The van der Waals surface area contributed by atoms with E-state index in [-0.39, 0.29) is 12.3 Å². The summed E-state index contributed by atoms with van der Waals surface area (Å²) in [5, 5.41) is 7.03. The molecule has 3 N–H and O–H groups in total. The van der Waals surface area contributed by atoms with E-state index in [2.05, 4.69) is 22.6 Å². The molecule has 1 aromatic heterocycles. The first-order valence-electron chi connectivity index (χ1n) is 19.5. The summed E-state index contributed by atoms with van der Waals surface area (Å²) >= 11 is 17.0. The SMILES string of the molecule is [2H]C([2H])([2H])C([2H])(C)[C@]([2H])(OC(=C)C(C)(C)/C=C/c1ccc2ccc([C@@H](C)NC(=O)OC(C)(C)C)nc2c1)C(=O)N[C@@H](C)C(=O)N1CCC[C@@H](C(=O)OCC(Cl)(Cl)Cl)N1. The molecule has 1 aliphatic rings. The van der Waals surface area contributed by atoms with Crippen molar-refractivity contribution in [1.29, 1.82) is 0 Å². The Hall–Kier alpha value is -3.58. The van der Waals surface area contributed by atoms with Gasteiger partial charge in [-0.1, -0.05) is 85.5 Å². The summed E-state index contributed by atoms with van der Waals surface area (Å²) in [7, 11) is 0. The van der Waals surface area contributed by atoms with Gasteiger partial charge >= 0.3 is 12.1 Å². The van der Waals surface area contributed by atoms with Crippen molar-refractivity contribution in [3.05, 3.63) is 60.0 Å². The molecule has 15 heteroatoms. The number of nitrogens with zero attached hydrogens (tertiary/aromatic N) is 2. The van der Waals surface area contributed by atoms with E-state index in [1.165, 1.54) is 6.92 Å². The molecule has 3 amide bonds. The van der Waals surface area contributed by atoms with Crippen LogP contribution in [0.1, 0.15) is 99.2 Å². The minimum absolute atomic E-state index is 0.136. The Morgan fingerprint density at radius 2 is 1.79 bits per heavy atom. The van der Waals surface area contributed by atoms with Crippen molar-refractivity contribution < 1.29 is 40.2 Å². The topological polar surface area (TPSA) is 148 Å². The number of amides is 3. The van der Waals surface area contributed by atoms with Gasteiger partial charge in [0.15, 0.2) is 6.08 Å². The maximum absolute atomic E-state index is 13.9. The smallest absolute Gasteiger partial charge is 0.408 e. The number of halogens is 3. The summed E-state index contributed by atoms with van der Waals surface area (Å²) in [6.07, 6.45) is 0.338. The minimum atomic E-state index is -3.22. The van der Waals surface area contributed by atoms with Crippen LogP contribution in [0.3, 0.4) is 0 Å². The standard InChI is InChI=1S/C38H52Cl3N5O7/c1-22(2)31(32(47)42-24(4)33(48)46-19-11-12-29(45-46)34(49)51-21-38(39,40)41)52-25(5)37(9,10)18-17-26-13-14-27-15-16-28(44-30(27)20-26)23(3)43-35(50)53-36(6,7)8/h13-18,20,22-24,29,31,45H,5,11-12,19,21H2,1-4,6-10H3,(H,42,47)(H,43,50)/b18-17+/t23-,24+,29+,31+/m1/s1/i1D3,22D,31D/t22?,23-,24+,29+,31+. The number of allylic oxidation sites excluding steroid dienone is 1. The van der Waals surface area contributed by atoms with E-state index < -0.39 is 82.2 Å². The minimum Gasteiger partial charge on any atom is -0.484 e. The molecule has 1 aliphatic heterocycles. The zero-order chi connectivity index (χ0) is 44.2. The first-order chi connectivity index (χ1) is 26.4. The van der Waals surface area contributed by atoms with Crippen LogP contribution in [-0.4, -0.2) is 74.6 Å². The quantitative estimate of drug-likeness (QED) is 0.108. The predicted octanol–water partition coefficient (Wildman–Crippen LogP) is 7.33. The number of aromatic nitrogens is 1. The molecule has 1 fully saturated rings. The van der Waals surface area contributed by atoms with Crippen molar-refractivity contribution in [2.75, 3.05) is 13.2 Å². The van der Waals surface area contributed by atoms with Gasteiger partial charge < -0.3 is 24.8 Å². The third-order valence-electron chi connectivity index (χ3n) is 7.93. The van der Waals surface area contributed by atoms with E-state index in [0.717, 1.165) is 17.3 Å². The van der Waals surface area contributed by atoms with Crippen molar-refractivity contribution in [3.63, 3.8) is 0 Å². The van der Waals surface area contributed by atoms with E-state index in [1.54, 1.807) is 59.8 Å². The Kier molecular flexibility index (Phi) is 12.5. The van der Waals surface area contributed by atoms with Crippen LogP contribution < -0.4 is 16.1 Å². The van der Waals surface area contributed by atoms with Crippen LogP contribution in [0, 0.1) is 11.3 Å². The molecule has 1 aromatic carbocycles. The van der Waals surface area contributed by atoms with Crippen molar-refractivity contribution in [1.82, 2.24) is 26.1 Å². The molecule has 53 heavy (non-hydrogen) atoms. The highest BCUT2D eigenvalue weighted by atomic mass is 35.6. The number of carbonyl (C=O) groups is 4. The maximum atomic E-state index is 13.9. The van der Waals surface area contributed by atoms with Gasteiger partial charge in [-0.05, 0) is 84.9 Å². The van der Waals surface area contributed by atoms with Crippen molar-refractivity contribution in [2.45, 2.75) is 109 Å². The largest absolute Gasteiger partial charge is 0.484 e. The number of hydrazine groups is 1. The summed E-state index contributed by atoms with van der Waals surface area (Å²) in [4.78, 5) is 56.9. The predicted molar refractivity (Wildman–Crippen MR) is 208 cm³/mol. The van der Waals surface area contributed by atoms with Gasteiger partial charge in [-0.2, -0.15) is 0 Å². The van der Waals surface area contributed by atoms with Crippen LogP contribution >= 0.6 is 34.8 Å². The lowest BCUT2D eigenvalue weighted by molar-refractivity contribution is -0.153. The van der Waals surface area contributed by atoms with Crippen LogP contribution in [0.15, 0.2) is 48.7 Å². The van der Waals surface area contributed by atoms with Crippen LogP contribution in [0.25, 0.3) is 17.0 Å². The molecule has 0 spiro atoms. The lowest BCUT2D eigenvalue weighted by atomic mass is 9.89. The number of ether oxygens (including phenoxy) is 3. The molecule has 292 valence electrons. The number of hydrogen-bond acceptors (Lipinski definition) is 9. The number of alkyl halides is 3. The van der Waals surface area contributed by atoms with E-state index in [1.807, 2.05) is 24.3 Å². The summed E-state index contributed by atoms with van der Waals surface area (Å²) in [5.74, 6) is -5.99. The van der Waals surface area contributed by atoms with E-state index in [9.17, 15) is 19.2 Å². The van der Waals surface area contributed by atoms with Crippen molar-refractivity contribution >= 4 is 75.7 Å². The molecule has 0 bridgehead atoms. The number of carbonyl (C=O) groups excluding carboxylic acids is 4. The monoisotopic (exact) mass is 800 g/mol. The number of rotatable bonds is 13. The molecule has 1 unspecified atom stereocenters. The Morgan fingerprint density at radius 1 is 1.11 bits per heavy atom. The van der Waals surface area contributed by atoms with E-state index in [4.69, 9.17) is 60.9 Å². The summed E-state index contributed by atoms with van der Waals surface area (Å²) in [5.41, 5.74) is 2.85. The van der Waals surface area contributed by atoms with Gasteiger partial charge in [0.05, 0.1) is 24.4 Å². The lowest BCUT2D eigenvalue weighted by Crippen LogP contribution is -2.60. The van der Waals surface area contributed by atoms with Crippen LogP contribution in [0.4, 0.5) is 4.79 Å². The van der Waals surface area contributed by atoms with Gasteiger partial charge in [-0.3, -0.25) is 24.4 Å². The first kappa shape index (κ1) is 36.4. The highest BCUT2D eigenvalue weighted by Crippen LogP contribution is 2.31. The Morgan fingerprint density at radius 3 is 2.43 bits per heavy atom. The number of hydrogen-bond donors (Lipinski definition) is 3. The zero-order valence-corrected chi connectivity index (χ0v) is 33.5. The molecule has 12 nitrogen and oxygen atoms in total. The average Bonchev–Trinajstić information content (AvgIpc) is 3.10. The second kappa shape index (κ2) is 18.2. The van der Waals surface area contributed by atoms with Gasteiger partial charge in [0, 0.05) is 22.8 Å². The second-order valence-electron chi connectivity index (χ2n) is 14.3. The highest BCUT2D eigenvalue weighted by Gasteiger charge is 2.35. The highest BCUT2D eigenvalue weighted by molar-refractivity contribution is 6.67. The van der Waals surface area contributed by atoms with Crippen LogP contribution in [-0.2, 0) is 28.6 Å². The molecule has 5 atom stereocenters. The Bertz CT molecular complexity index is 1900. The summed E-state index contributed by atoms with van der Waals surface area (Å²) in [6.45, 7) is 12.9. The third kappa shape index (κ3) is 13.7. The number of benzene rings is 1. The van der Waals surface area contributed by atoms with Gasteiger partial charge in [-0.25, -0.2) is 10.2 Å². The third-order valence-corrected chi connectivity index (χ3v) is 8.26. The fraction of sp³-hybridized carbons (Fsp3) is 0.553. The number of alkyl carbamates (subject to hydrolysis) is 1. The van der Waals surface area contributed by atoms with E-state index in [0.29, 0.717) is 29.6 Å². The number of esters is 1. The number of nitrogens with one attached hydrogen (secondary N) is 3. The van der Waals surface area contributed by atoms with Crippen LogP contribution in [0.5, 0.6) is 0 Å². The lowest BCUT2D eigenvalue weighted by Gasteiger charge is -2.35. The average molecular weight is 802 g/mol. The summed E-state index contributed by atoms with van der Waals surface area (Å²) in [6, 6.07) is 6.39. The first-order valence-corrected chi connectivity index (χ1v) is 18.1.